The van der Waals surface area contributed by atoms with Crippen molar-refractivity contribution in [2.24, 2.45) is 5.92 Å². The number of carbonyl (C=O) groups excluding carboxylic acids is 2. The summed E-state index contributed by atoms with van der Waals surface area (Å²) in [6.07, 6.45) is 3.64. The zero-order valence-corrected chi connectivity index (χ0v) is 16.5. The van der Waals surface area contributed by atoms with Gasteiger partial charge in [0.1, 0.15) is 5.75 Å². The third kappa shape index (κ3) is 4.37. The second-order valence-corrected chi connectivity index (χ2v) is 7.37. The summed E-state index contributed by atoms with van der Waals surface area (Å²) >= 11 is 0. The summed E-state index contributed by atoms with van der Waals surface area (Å²) in [4.78, 5) is 29.1. The monoisotopic (exact) mass is 389 g/mol. The number of nitrogens with zero attached hydrogens (tertiary/aromatic N) is 2. The number of hydrogen-bond donors (Lipinski definition) is 1. The standard InChI is InChI=1S/C23H23N3O3/c1-15-12-21(16(2)26(15)14-19-6-3-4-11-24-19)23(28)29-20-8-5-7-18(13-20)25-22(27)17-9-10-17/h3-8,11-13,17H,9-10,14H2,1-2H3,(H,25,27). The number of carbonyl (C=O) groups is 2. The molecule has 3 aromatic rings. The molecule has 1 N–H and O–H groups in total. The van der Waals surface area contributed by atoms with E-state index in [2.05, 4.69) is 10.3 Å². The van der Waals surface area contributed by atoms with Crippen LogP contribution < -0.4 is 10.1 Å². The van der Waals surface area contributed by atoms with Crippen LogP contribution in [0.15, 0.2) is 54.7 Å². The zero-order chi connectivity index (χ0) is 20.4. The molecule has 0 atom stereocenters. The molecule has 0 saturated heterocycles. The maximum Gasteiger partial charge on any atom is 0.345 e. The topological polar surface area (TPSA) is 73.2 Å². The average Bonchev–Trinajstić information content (AvgIpc) is 3.52. The van der Waals surface area contributed by atoms with Crippen LogP contribution in [-0.2, 0) is 11.3 Å². The summed E-state index contributed by atoms with van der Waals surface area (Å²) in [7, 11) is 0. The first-order valence-electron chi connectivity index (χ1n) is 9.71. The van der Waals surface area contributed by atoms with E-state index in [1.165, 1.54) is 0 Å². The lowest BCUT2D eigenvalue weighted by atomic mass is 10.2. The van der Waals surface area contributed by atoms with Crippen LogP contribution in [0, 0.1) is 19.8 Å². The molecule has 2 aromatic heterocycles. The van der Waals surface area contributed by atoms with Gasteiger partial charge in [-0.05, 0) is 57.0 Å². The first kappa shape index (κ1) is 18.9. The first-order valence-corrected chi connectivity index (χ1v) is 9.71. The summed E-state index contributed by atoms with van der Waals surface area (Å²) in [6, 6.07) is 14.5. The van der Waals surface area contributed by atoms with E-state index in [9.17, 15) is 9.59 Å². The Morgan fingerprint density at radius 2 is 1.97 bits per heavy atom. The van der Waals surface area contributed by atoms with Crippen molar-refractivity contribution in [2.45, 2.75) is 33.2 Å². The molecule has 0 unspecified atom stereocenters. The molecule has 148 valence electrons. The maximum absolute atomic E-state index is 12.8. The van der Waals surface area contributed by atoms with E-state index in [0.717, 1.165) is 29.9 Å². The number of ether oxygens (including phenoxy) is 1. The van der Waals surface area contributed by atoms with E-state index in [1.807, 2.05) is 42.7 Å². The Morgan fingerprint density at radius 1 is 1.14 bits per heavy atom. The lowest BCUT2D eigenvalue weighted by Crippen LogP contribution is -2.14. The molecule has 1 aliphatic rings. The molecular formula is C23H23N3O3. The van der Waals surface area contributed by atoms with E-state index in [-0.39, 0.29) is 11.8 Å². The van der Waals surface area contributed by atoms with Gasteiger partial charge in [0, 0.05) is 35.3 Å². The molecule has 1 saturated carbocycles. The van der Waals surface area contributed by atoms with Crippen LogP contribution in [0.2, 0.25) is 0 Å². The van der Waals surface area contributed by atoms with E-state index < -0.39 is 5.97 Å². The summed E-state index contributed by atoms with van der Waals surface area (Å²) in [6.45, 7) is 4.45. The lowest BCUT2D eigenvalue weighted by Gasteiger charge is -2.10. The average molecular weight is 389 g/mol. The maximum atomic E-state index is 12.8. The largest absolute Gasteiger partial charge is 0.423 e. The molecule has 0 radical (unpaired) electrons. The molecule has 6 heteroatoms. The van der Waals surface area contributed by atoms with Crippen molar-refractivity contribution in [3.8, 4) is 5.75 Å². The van der Waals surface area contributed by atoms with Crippen LogP contribution in [0.5, 0.6) is 5.75 Å². The van der Waals surface area contributed by atoms with E-state index in [4.69, 9.17) is 4.74 Å². The van der Waals surface area contributed by atoms with Gasteiger partial charge in [0.15, 0.2) is 0 Å². The van der Waals surface area contributed by atoms with Crippen LogP contribution in [0.3, 0.4) is 0 Å². The Bertz CT molecular complexity index is 1050. The number of aromatic nitrogens is 2. The number of rotatable bonds is 6. The van der Waals surface area contributed by atoms with Gasteiger partial charge in [-0.25, -0.2) is 4.79 Å². The van der Waals surface area contributed by atoms with Crippen molar-refractivity contribution in [1.82, 2.24) is 9.55 Å². The van der Waals surface area contributed by atoms with Crippen LogP contribution in [0.1, 0.15) is 40.3 Å². The highest BCUT2D eigenvalue weighted by molar-refractivity contribution is 5.95. The lowest BCUT2D eigenvalue weighted by molar-refractivity contribution is -0.117. The van der Waals surface area contributed by atoms with Gasteiger partial charge in [0.2, 0.25) is 5.91 Å². The normalized spacial score (nSPS) is 13.2. The van der Waals surface area contributed by atoms with Gasteiger partial charge >= 0.3 is 5.97 Å². The summed E-state index contributed by atoms with van der Waals surface area (Å²) in [5, 5.41) is 2.87. The number of anilines is 1. The molecule has 2 heterocycles. The van der Waals surface area contributed by atoms with E-state index >= 15 is 0 Å². The van der Waals surface area contributed by atoms with Crippen molar-refractivity contribution < 1.29 is 14.3 Å². The van der Waals surface area contributed by atoms with Gasteiger partial charge in [0.05, 0.1) is 17.8 Å². The summed E-state index contributed by atoms with van der Waals surface area (Å²) in [5.74, 6) is 0.117. The molecule has 6 nitrogen and oxygen atoms in total. The molecule has 4 rings (SSSR count). The van der Waals surface area contributed by atoms with Crippen molar-refractivity contribution >= 4 is 17.6 Å². The third-order valence-corrected chi connectivity index (χ3v) is 5.10. The molecule has 1 aliphatic carbocycles. The highest BCUT2D eigenvalue weighted by Gasteiger charge is 2.29. The van der Waals surface area contributed by atoms with Crippen LogP contribution in [0.25, 0.3) is 0 Å². The van der Waals surface area contributed by atoms with E-state index in [1.54, 1.807) is 30.5 Å². The molecular weight excluding hydrogens is 366 g/mol. The Balaban J connectivity index is 1.48. The van der Waals surface area contributed by atoms with Gasteiger partial charge in [-0.1, -0.05) is 12.1 Å². The minimum Gasteiger partial charge on any atom is -0.423 e. The zero-order valence-electron chi connectivity index (χ0n) is 16.5. The molecule has 29 heavy (non-hydrogen) atoms. The molecule has 1 amide bonds. The summed E-state index contributed by atoms with van der Waals surface area (Å²) < 4.78 is 7.63. The van der Waals surface area contributed by atoms with Crippen LogP contribution in [-0.4, -0.2) is 21.4 Å². The first-order chi connectivity index (χ1) is 14.0. The van der Waals surface area contributed by atoms with Crippen molar-refractivity contribution in [1.29, 1.82) is 0 Å². The number of esters is 1. The Labute approximate surface area is 169 Å². The molecule has 0 aliphatic heterocycles. The number of pyridine rings is 1. The Kier molecular flexibility index (Phi) is 5.16. The van der Waals surface area contributed by atoms with E-state index in [0.29, 0.717) is 23.5 Å². The third-order valence-electron chi connectivity index (χ3n) is 5.10. The smallest absolute Gasteiger partial charge is 0.345 e. The minimum absolute atomic E-state index is 0.0199. The number of amides is 1. The van der Waals surface area contributed by atoms with Gasteiger partial charge in [-0.15, -0.1) is 0 Å². The van der Waals surface area contributed by atoms with Crippen molar-refractivity contribution in [3.05, 3.63) is 77.4 Å². The number of nitrogens with one attached hydrogen (secondary N) is 1. The fourth-order valence-electron chi connectivity index (χ4n) is 3.29. The SMILES string of the molecule is Cc1cc(C(=O)Oc2cccc(NC(=O)C3CC3)c2)c(C)n1Cc1ccccn1. The second-order valence-electron chi connectivity index (χ2n) is 7.37. The number of hydrogen-bond acceptors (Lipinski definition) is 4. The fourth-order valence-corrected chi connectivity index (χ4v) is 3.29. The molecule has 0 spiro atoms. The Hall–Kier alpha value is -3.41. The number of aryl methyl sites for hydroxylation is 1. The van der Waals surface area contributed by atoms with Gasteiger partial charge in [-0.2, -0.15) is 0 Å². The van der Waals surface area contributed by atoms with Crippen LogP contribution in [0.4, 0.5) is 5.69 Å². The van der Waals surface area contributed by atoms with Gasteiger partial charge in [0.25, 0.3) is 0 Å². The van der Waals surface area contributed by atoms with Crippen LogP contribution >= 0.6 is 0 Å². The van der Waals surface area contributed by atoms with Gasteiger partial charge in [-0.3, -0.25) is 9.78 Å². The van der Waals surface area contributed by atoms with Gasteiger partial charge < -0.3 is 14.6 Å². The predicted octanol–water partition coefficient (Wildman–Crippen LogP) is 4.12. The highest BCUT2D eigenvalue weighted by Crippen LogP contribution is 2.30. The Morgan fingerprint density at radius 3 is 2.69 bits per heavy atom. The highest BCUT2D eigenvalue weighted by atomic mass is 16.5. The van der Waals surface area contributed by atoms with Crippen molar-refractivity contribution in [3.63, 3.8) is 0 Å². The molecule has 0 bridgehead atoms. The fraction of sp³-hybridized carbons (Fsp3) is 0.261. The second kappa shape index (κ2) is 7.91. The summed E-state index contributed by atoms with van der Waals surface area (Å²) in [5.41, 5.74) is 3.87. The quantitative estimate of drug-likeness (QED) is 0.508. The van der Waals surface area contributed by atoms with Crippen molar-refractivity contribution in [2.75, 3.05) is 5.32 Å². The minimum atomic E-state index is -0.420. The predicted molar refractivity (Wildman–Crippen MR) is 110 cm³/mol. The number of benzene rings is 1. The molecule has 1 fully saturated rings. The molecule has 1 aromatic carbocycles.